The minimum absolute atomic E-state index is 0.0715. The van der Waals surface area contributed by atoms with Gasteiger partial charge in [-0.2, -0.15) is 0 Å². The first-order valence-corrected chi connectivity index (χ1v) is 7.36. The molecule has 1 aromatic rings. The maximum atomic E-state index is 11.5. The van der Waals surface area contributed by atoms with Crippen molar-refractivity contribution in [3.05, 3.63) is 23.8 Å². The second kappa shape index (κ2) is 9.23. The smallest absolute Gasteiger partial charge is 0.221 e. The summed E-state index contributed by atoms with van der Waals surface area (Å²) in [5.74, 6) is 1.55. The highest BCUT2D eigenvalue weighted by molar-refractivity contribution is 5.76. The SMILES string of the molecule is CCOc1cc(CNCCC(=O)NC(C)C)ccc1OC. The van der Waals surface area contributed by atoms with Crippen LogP contribution in [0.15, 0.2) is 18.2 Å². The van der Waals surface area contributed by atoms with Crippen LogP contribution in [0.25, 0.3) is 0 Å². The molecule has 0 bridgehead atoms. The van der Waals surface area contributed by atoms with E-state index < -0.39 is 0 Å². The van der Waals surface area contributed by atoms with Crippen LogP contribution in [-0.4, -0.2) is 32.2 Å². The van der Waals surface area contributed by atoms with E-state index in [0.717, 1.165) is 17.1 Å². The molecule has 1 aromatic carbocycles. The Labute approximate surface area is 127 Å². The largest absolute Gasteiger partial charge is 0.493 e. The average Bonchev–Trinajstić information content (AvgIpc) is 2.43. The molecule has 2 N–H and O–H groups in total. The minimum atomic E-state index is 0.0715. The predicted octanol–water partition coefficient (Wildman–Crippen LogP) is 2.10. The fraction of sp³-hybridized carbons (Fsp3) is 0.562. The van der Waals surface area contributed by atoms with Crippen LogP contribution in [0.2, 0.25) is 0 Å². The Morgan fingerprint density at radius 2 is 2.05 bits per heavy atom. The molecule has 1 rings (SSSR count). The zero-order chi connectivity index (χ0) is 15.7. The highest BCUT2D eigenvalue weighted by Gasteiger charge is 2.06. The van der Waals surface area contributed by atoms with E-state index in [1.54, 1.807) is 7.11 Å². The lowest BCUT2D eigenvalue weighted by Gasteiger charge is -2.12. The van der Waals surface area contributed by atoms with Crippen LogP contribution < -0.4 is 20.1 Å². The highest BCUT2D eigenvalue weighted by Crippen LogP contribution is 2.27. The number of benzene rings is 1. The van der Waals surface area contributed by atoms with Crippen molar-refractivity contribution in [2.24, 2.45) is 0 Å². The third-order valence-corrected chi connectivity index (χ3v) is 2.84. The van der Waals surface area contributed by atoms with Crippen molar-refractivity contribution in [2.45, 2.75) is 39.8 Å². The molecule has 0 unspecified atom stereocenters. The van der Waals surface area contributed by atoms with Gasteiger partial charge in [-0.05, 0) is 38.5 Å². The summed E-state index contributed by atoms with van der Waals surface area (Å²) in [6.07, 6.45) is 0.479. The quantitative estimate of drug-likeness (QED) is 0.685. The van der Waals surface area contributed by atoms with Crippen LogP contribution in [0.4, 0.5) is 0 Å². The maximum Gasteiger partial charge on any atom is 0.221 e. The van der Waals surface area contributed by atoms with E-state index >= 15 is 0 Å². The van der Waals surface area contributed by atoms with Gasteiger partial charge >= 0.3 is 0 Å². The predicted molar refractivity (Wildman–Crippen MR) is 83.8 cm³/mol. The topological polar surface area (TPSA) is 59.6 Å². The first-order chi connectivity index (χ1) is 10.1. The third kappa shape index (κ3) is 6.49. The van der Waals surface area contributed by atoms with Crippen LogP contribution >= 0.6 is 0 Å². The fourth-order valence-corrected chi connectivity index (χ4v) is 1.93. The Morgan fingerprint density at radius 3 is 2.67 bits per heavy atom. The Morgan fingerprint density at radius 1 is 1.29 bits per heavy atom. The van der Waals surface area contributed by atoms with Gasteiger partial charge in [-0.15, -0.1) is 0 Å². The molecule has 0 saturated heterocycles. The molecule has 0 heterocycles. The second-order valence-corrected chi connectivity index (χ2v) is 5.07. The molecule has 0 aliphatic heterocycles. The maximum absolute atomic E-state index is 11.5. The number of hydrogen-bond donors (Lipinski definition) is 2. The molecular formula is C16H26N2O3. The van der Waals surface area contributed by atoms with Gasteiger partial charge in [-0.1, -0.05) is 6.07 Å². The molecule has 0 saturated carbocycles. The number of amides is 1. The van der Waals surface area contributed by atoms with Crippen molar-refractivity contribution in [3.63, 3.8) is 0 Å². The van der Waals surface area contributed by atoms with Gasteiger partial charge in [0.15, 0.2) is 11.5 Å². The van der Waals surface area contributed by atoms with Crippen LogP contribution in [0.1, 0.15) is 32.8 Å². The van der Waals surface area contributed by atoms with Crippen molar-refractivity contribution in [2.75, 3.05) is 20.3 Å². The molecular weight excluding hydrogens is 268 g/mol. The average molecular weight is 294 g/mol. The molecule has 0 aliphatic rings. The lowest BCUT2D eigenvalue weighted by Crippen LogP contribution is -2.32. The van der Waals surface area contributed by atoms with Gasteiger partial charge in [0.25, 0.3) is 0 Å². The normalized spacial score (nSPS) is 10.5. The molecule has 0 atom stereocenters. The molecule has 0 aromatic heterocycles. The highest BCUT2D eigenvalue weighted by atomic mass is 16.5. The number of carbonyl (C=O) groups excluding carboxylic acids is 1. The van der Waals surface area contributed by atoms with Crippen molar-refractivity contribution in [3.8, 4) is 11.5 Å². The lowest BCUT2D eigenvalue weighted by atomic mass is 10.2. The summed E-state index contributed by atoms with van der Waals surface area (Å²) in [5.41, 5.74) is 1.10. The van der Waals surface area contributed by atoms with Gasteiger partial charge in [-0.25, -0.2) is 0 Å². The summed E-state index contributed by atoms with van der Waals surface area (Å²) in [6, 6.07) is 6.03. The second-order valence-electron chi connectivity index (χ2n) is 5.07. The van der Waals surface area contributed by atoms with Crippen LogP contribution in [0, 0.1) is 0 Å². The summed E-state index contributed by atoms with van der Waals surface area (Å²) in [5, 5.41) is 6.12. The molecule has 5 nitrogen and oxygen atoms in total. The van der Waals surface area contributed by atoms with Crippen molar-refractivity contribution in [1.82, 2.24) is 10.6 Å². The van der Waals surface area contributed by atoms with Gasteiger partial charge in [-0.3, -0.25) is 4.79 Å². The zero-order valence-corrected chi connectivity index (χ0v) is 13.4. The summed E-state index contributed by atoms with van der Waals surface area (Å²) in [7, 11) is 1.63. The Balaban J connectivity index is 2.41. The van der Waals surface area contributed by atoms with Gasteiger partial charge in [0.2, 0.25) is 5.91 Å². The number of methoxy groups -OCH3 is 1. The summed E-state index contributed by atoms with van der Waals surface area (Å²) < 4.78 is 10.8. The summed E-state index contributed by atoms with van der Waals surface area (Å²) in [4.78, 5) is 11.5. The van der Waals surface area contributed by atoms with E-state index in [2.05, 4.69) is 10.6 Å². The summed E-state index contributed by atoms with van der Waals surface area (Å²) in [6.45, 7) is 7.80. The van der Waals surface area contributed by atoms with Crippen molar-refractivity contribution < 1.29 is 14.3 Å². The first-order valence-electron chi connectivity index (χ1n) is 7.36. The van der Waals surface area contributed by atoms with E-state index in [4.69, 9.17) is 9.47 Å². The third-order valence-electron chi connectivity index (χ3n) is 2.84. The van der Waals surface area contributed by atoms with E-state index in [1.165, 1.54) is 0 Å². The lowest BCUT2D eigenvalue weighted by molar-refractivity contribution is -0.121. The van der Waals surface area contributed by atoms with E-state index in [0.29, 0.717) is 26.1 Å². The number of hydrogen-bond acceptors (Lipinski definition) is 4. The standard InChI is InChI=1S/C16H26N2O3/c1-5-21-15-10-13(6-7-14(15)20-4)11-17-9-8-16(19)18-12(2)3/h6-7,10,12,17H,5,8-9,11H2,1-4H3,(H,18,19). The molecule has 118 valence electrons. The Kier molecular flexibility index (Phi) is 7.61. The van der Waals surface area contributed by atoms with Gasteiger partial charge in [0.05, 0.1) is 13.7 Å². The number of ether oxygens (including phenoxy) is 2. The monoisotopic (exact) mass is 294 g/mol. The van der Waals surface area contributed by atoms with E-state index in [9.17, 15) is 4.79 Å². The zero-order valence-electron chi connectivity index (χ0n) is 13.4. The van der Waals surface area contributed by atoms with Gasteiger partial charge in [0, 0.05) is 25.6 Å². The number of nitrogens with one attached hydrogen (secondary N) is 2. The number of rotatable bonds is 9. The van der Waals surface area contributed by atoms with Crippen molar-refractivity contribution >= 4 is 5.91 Å². The molecule has 0 spiro atoms. The van der Waals surface area contributed by atoms with Crippen molar-refractivity contribution in [1.29, 1.82) is 0 Å². The Hall–Kier alpha value is -1.75. The van der Waals surface area contributed by atoms with E-state index in [1.807, 2.05) is 39.0 Å². The number of carbonyl (C=O) groups is 1. The van der Waals surface area contributed by atoms with E-state index in [-0.39, 0.29) is 11.9 Å². The molecule has 0 fully saturated rings. The first kappa shape index (κ1) is 17.3. The van der Waals surface area contributed by atoms with Crippen LogP contribution in [0.3, 0.4) is 0 Å². The Bertz CT molecular complexity index is 447. The van der Waals surface area contributed by atoms with Crippen LogP contribution in [0.5, 0.6) is 11.5 Å². The van der Waals surface area contributed by atoms with Crippen LogP contribution in [-0.2, 0) is 11.3 Å². The molecule has 5 heteroatoms. The summed E-state index contributed by atoms with van der Waals surface area (Å²) >= 11 is 0. The molecule has 0 radical (unpaired) electrons. The van der Waals surface area contributed by atoms with Gasteiger partial charge < -0.3 is 20.1 Å². The van der Waals surface area contributed by atoms with Gasteiger partial charge in [0.1, 0.15) is 0 Å². The molecule has 1 amide bonds. The minimum Gasteiger partial charge on any atom is -0.493 e. The fourth-order valence-electron chi connectivity index (χ4n) is 1.93. The molecule has 21 heavy (non-hydrogen) atoms. The molecule has 0 aliphatic carbocycles.